The molecule has 4 N–H and O–H groups in total. The number of benzene rings is 4. The molecule has 0 saturated carbocycles. The van der Waals surface area contributed by atoms with Gasteiger partial charge >= 0.3 is 0 Å². The Balaban J connectivity index is 1.40. The van der Waals surface area contributed by atoms with Gasteiger partial charge in [0.25, 0.3) is 0 Å². The lowest BCUT2D eigenvalue weighted by Crippen LogP contribution is -2.15. The number of hydrogen-bond acceptors (Lipinski definition) is 8. The number of nitriles is 1. The summed E-state index contributed by atoms with van der Waals surface area (Å²) in [6.45, 7) is 5.26. The van der Waals surface area contributed by atoms with Crippen LogP contribution < -0.4 is 25.3 Å². The second-order valence-corrected chi connectivity index (χ2v) is 11.5. The number of nitrogens with zero attached hydrogens (tertiary/aromatic N) is 2. The van der Waals surface area contributed by atoms with Crippen molar-refractivity contribution in [3.05, 3.63) is 129 Å². The average Bonchev–Trinajstić information content (AvgIpc) is 3.10. The van der Waals surface area contributed by atoms with Crippen molar-refractivity contribution in [2.24, 2.45) is 5.73 Å². The van der Waals surface area contributed by atoms with Gasteiger partial charge in [0.2, 0.25) is 0 Å². The molecule has 0 saturated heterocycles. The lowest BCUT2D eigenvalue weighted by atomic mass is 9.89. The van der Waals surface area contributed by atoms with Gasteiger partial charge in [0.05, 0.1) is 24.4 Å². The zero-order valence-corrected chi connectivity index (χ0v) is 27.4. The first-order chi connectivity index (χ1) is 22.9. The Labute approximate surface area is 280 Å². The van der Waals surface area contributed by atoms with Crippen LogP contribution in [0.4, 0.5) is 0 Å². The Morgan fingerprint density at radius 1 is 0.830 bits per heavy atom. The normalized spacial score (nSPS) is 10.8. The van der Waals surface area contributed by atoms with Gasteiger partial charge in [-0.3, -0.25) is 10.3 Å². The fourth-order valence-corrected chi connectivity index (χ4v) is 5.81. The molecule has 240 valence electrons. The van der Waals surface area contributed by atoms with E-state index in [4.69, 9.17) is 31.5 Å². The van der Waals surface area contributed by atoms with Crippen molar-refractivity contribution in [2.75, 3.05) is 13.8 Å². The zero-order chi connectivity index (χ0) is 33.3. The van der Waals surface area contributed by atoms with E-state index < -0.39 is 0 Å². The molecule has 0 aliphatic heterocycles. The molecule has 0 radical (unpaired) electrons. The quantitative estimate of drug-likeness (QED) is 0.114. The van der Waals surface area contributed by atoms with Gasteiger partial charge < -0.3 is 25.1 Å². The zero-order valence-electron chi connectivity index (χ0n) is 26.6. The standard InChI is InChI=1S/C38H37ClN4O4/c1-24-29(6-4-8-33(24)34-9-5-7-32(25(34)2)28-10-11-36(45-3)30(13-28)17-41)22-47-38-15-37(31(14-35(38)39)20-43-23-44)46-21-27-12-26(16-40)18-42-19-27/h4-15,18-19,43-44H,17,20-23,41H2,1-3H3. The smallest absolute Gasteiger partial charge is 0.142 e. The van der Waals surface area contributed by atoms with Gasteiger partial charge in [-0.15, -0.1) is 0 Å². The number of aromatic nitrogens is 1. The van der Waals surface area contributed by atoms with Crippen molar-refractivity contribution in [1.82, 2.24) is 10.3 Å². The van der Waals surface area contributed by atoms with Gasteiger partial charge in [0, 0.05) is 48.2 Å². The van der Waals surface area contributed by atoms with E-state index in [0.29, 0.717) is 35.2 Å². The van der Waals surface area contributed by atoms with Gasteiger partial charge in [-0.1, -0.05) is 54.1 Å². The molecule has 1 aromatic heterocycles. The summed E-state index contributed by atoms with van der Waals surface area (Å²) in [4.78, 5) is 4.11. The Morgan fingerprint density at radius 2 is 1.57 bits per heavy atom. The van der Waals surface area contributed by atoms with Crippen molar-refractivity contribution in [3.8, 4) is 45.6 Å². The third-order valence-electron chi connectivity index (χ3n) is 8.13. The van der Waals surface area contributed by atoms with Crippen molar-refractivity contribution < 1.29 is 19.3 Å². The molecule has 0 spiro atoms. The largest absolute Gasteiger partial charge is 0.496 e. The van der Waals surface area contributed by atoms with Gasteiger partial charge in [-0.05, 0) is 77.1 Å². The van der Waals surface area contributed by atoms with Crippen molar-refractivity contribution in [2.45, 2.75) is 40.2 Å². The van der Waals surface area contributed by atoms with Crippen LogP contribution in [0.25, 0.3) is 22.3 Å². The lowest BCUT2D eigenvalue weighted by Gasteiger charge is -2.18. The molecular formula is C38H37ClN4O4. The van der Waals surface area contributed by atoms with Crippen LogP contribution in [0.5, 0.6) is 17.2 Å². The van der Waals surface area contributed by atoms with Crippen LogP contribution in [-0.4, -0.2) is 23.9 Å². The second-order valence-electron chi connectivity index (χ2n) is 11.0. The van der Waals surface area contributed by atoms with Gasteiger partial charge in [0.1, 0.15) is 36.5 Å². The van der Waals surface area contributed by atoms with E-state index in [1.165, 1.54) is 6.20 Å². The molecule has 0 aliphatic carbocycles. The fourth-order valence-electron chi connectivity index (χ4n) is 5.57. The molecule has 5 aromatic rings. The number of ether oxygens (including phenoxy) is 3. The molecule has 5 rings (SSSR count). The summed E-state index contributed by atoms with van der Waals surface area (Å²) in [7, 11) is 1.66. The van der Waals surface area contributed by atoms with E-state index in [-0.39, 0.29) is 19.9 Å². The van der Waals surface area contributed by atoms with Crippen molar-refractivity contribution in [1.29, 1.82) is 5.26 Å². The number of rotatable bonds is 13. The van der Waals surface area contributed by atoms with Gasteiger partial charge in [-0.2, -0.15) is 5.26 Å². The summed E-state index contributed by atoms with van der Waals surface area (Å²) in [5.74, 6) is 1.80. The van der Waals surface area contributed by atoms with E-state index >= 15 is 0 Å². The number of hydrogen-bond donors (Lipinski definition) is 3. The fraction of sp³-hybridized carbons (Fsp3) is 0.211. The molecule has 47 heavy (non-hydrogen) atoms. The number of nitrogens with two attached hydrogens (primary N) is 1. The van der Waals surface area contributed by atoms with Crippen LogP contribution in [-0.2, 0) is 26.3 Å². The highest BCUT2D eigenvalue weighted by molar-refractivity contribution is 6.32. The Kier molecular flexibility index (Phi) is 11.1. The van der Waals surface area contributed by atoms with Crippen molar-refractivity contribution >= 4 is 11.6 Å². The first-order valence-electron chi connectivity index (χ1n) is 15.2. The van der Waals surface area contributed by atoms with E-state index in [9.17, 15) is 10.4 Å². The summed E-state index contributed by atoms with van der Waals surface area (Å²) in [5.41, 5.74) is 16.7. The molecule has 0 atom stereocenters. The Bertz CT molecular complexity index is 1920. The van der Waals surface area contributed by atoms with Gasteiger partial charge in [0.15, 0.2) is 0 Å². The Hall–Kier alpha value is -4.91. The monoisotopic (exact) mass is 648 g/mol. The van der Waals surface area contributed by atoms with Crippen LogP contribution in [0, 0.1) is 25.2 Å². The molecule has 0 bridgehead atoms. The lowest BCUT2D eigenvalue weighted by molar-refractivity contribution is 0.255. The maximum atomic E-state index is 9.32. The maximum absolute atomic E-state index is 9.32. The SMILES string of the molecule is COc1ccc(-c2cccc(-c3cccc(COc4cc(OCc5cncc(C#N)c5)c(CNCO)cc4Cl)c3C)c2C)cc1CN. The molecule has 1 heterocycles. The number of aliphatic hydroxyl groups is 1. The van der Waals surface area contributed by atoms with Crippen LogP contribution in [0.15, 0.2) is 85.2 Å². The van der Waals surface area contributed by atoms with Crippen LogP contribution in [0.1, 0.15) is 38.9 Å². The third-order valence-corrected chi connectivity index (χ3v) is 8.42. The molecule has 0 amide bonds. The topological polar surface area (TPSA) is 123 Å². The molecule has 0 fully saturated rings. The van der Waals surface area contributed by atoms with E-state index in [1.807, 2.05) is 12.1 Å². The van der Waals surface area contributed by atoms with E-state index in [2.05, 4.69) is 72.7 Å². The molecule has 9 heteroatoms. The predicted octanol–water partition coefficient (Wildman–Crippen LogP) is 7.22. The maximum Gasteiger partial charge on any atom is 0.142 e. The third kappa shape index (κ3) is 7.74. The van der Waals surface area contributed by atoms with Crippen LogP contribution in [0.3, 0.4) is 0 Å². The molecule has 0 aliphatic rings. The summed E-state index contributed by atoms with van der Waals surface area (Å²) in [5, 5.41) is 21.9. The van der Waals surface area contributed by atoms with Gasteiger partial charge in [-0.25, -0.2) is 0 Å². The molecule has 0 unspecified atom stereocenters. The Morgan fingerprint density at radius 3 is 2.32 bits per heavy atom. The second kappa shape index (κ2) is 15.6. The number of aliphatic hydroxyl groups excluding tert-OH is 1. The first-order valence-corrected chi connectivity index (χ1v) is 15.5. The minimum Gasteiger partial charge on any atom is -0.496 e. The van der Waals surface area contributed by atoms with Crippen molar-refractivity contribution in [3.63, 3.8) is 0 Å². The summed E-state index contributed by atoms with van der Waals surface area (Å²) < 4.78 is 17.9. The molecule has 8 nitrogen and oxygen atoms in total. The minimum atomic E-state index is -0.198. The highest BCUT2D eigenvalue weighted by Crippen LogP contribution is 2.37. The average molecular weight is 649 g/mol. The van der Waals surface area contributed by atoms with Crippen LogP contribution in [0.2, 0.25) is 5.02 Å². The molecular weight excluding hydrogens is 612 g/mol. The summed E-state index contributed by atoms with van der Waals surface area (Å²) in [6, 6.07) is 26.0. The number of halogens is 1. The minimum absolute atomic E-state index is 0.194. The van der Waals surface area contributed by atoms with E-state index in [1.54, 1.807) is 31.5 Å². The number of methoxy groups -OCH3 is 1. The summed E-state index contributed by atoms with van der Waals surface area (Å²) >= 11 is 6.67. The highest BCUT2D eigenvalue weighted by atomic mass is 35.5. The summed E-state index contributed by atoms with van der Waals surface area (Å²) in [6.07, 6.45) is 3.16. The van der Waals surface area contributed by atoms with Crippen LogP contribution >= 0.6 is 11.6 Å². The first kappa shape index (κ1) is 33.5. The highest BCUT2D eigenvalue weighted by Gasteiger charge is 2.16. The predicted molar refractivity (Wildman–Crippen MR) is 184 cm³/mol. The molecule has 4 aromatic carbocycles. The number of pyridine rings is 1. The number of nitrogens with one attached hydrogen (secondary N) is 1. The van der Waals surface area contributed by atoms with E-state index in [0.717, 1.165) is 61.4 Å².